The molecule has 1 aromatic heterocycles. The molecule has 17 heavy (non-hydrogen) atoms. The molecule has 5 nitrogen and oxygen atoms in total. The molecule has 90 valence electrons. The number of hydrogen-bond acceptors (Lipinski definition) is 3. The highest BCUT2D eigenvalue weighted by molar-refractivity contribution is 7.92. The molecular weight excluding hydrogens is 262 g/mol. The molecule has 0 aliphatic carbocycles. The molecule has 2 N–H and O–H groups in total. The van der Waals surface area contributed by atoms with E-state index in [1.54, 1.807) is 18.2 Å². The van der Waals surface area contributed by atoms with E-state index in [0.29, 0.717) is 10.7 Å². The summed E-state index contributed by atoms with van der Waals surface area (Å²) in [5.41, 5.74) is 1.27. The highest BCUT2D eigenvalue weighted by Gasteiger charge is 2.16. The van der Waals surface area contributed by atoms with Gasteiger partial charge >= 0.3 is 0 Å². The zero-order chi connectivity index (χ0) is 12.5. The lowest BCUT2D eigenvalue weighted by atomic mass is 10.2. The van der Waals surface area contributed by atoms with Gasteiger partial charge in [-0.3, -0.25) is 9.82 Å². The van der Waals surface area contributed by atoms with E-state index in [4.69, 9.17) is 11.6 Å². The lowest BCUT2D eigenvalue weighted by Gasteiger charge is -2.08. The molecule has 0 saturated heterocycles. The summed E-state index contributed by atoms with van der Waals surface area (Å²) in [5, 5.41) is 6.39. The fourth-order valence-corrected chi connectivity index (χ4v) is 2.50. The van der Waals surface area contributed by atoms with E-state index in [9.17, 15) is 8.42 Å². The van der Waals surface area contributed by atoms with Gasteiger partial charge in [0.1, 0.15) is 4.90 Å². The molecule has 0 atom stereocenters. The third-order valence-electron chi connectivity index (χ3n) is 2.15. The Labute approximate surface area is 104 Å². The van der Waals surface area contributed by atoms with Crippen LogP contribution in [0.2, 0.25) is 5.02 Å². The van der Waals surface area contributed by atoms with Crippen LogP contribution in [-0.4, -0.2) is 18.6 Å². The first kappa shape index (κ1) is 11.9. The van der Waals surface area contributed by atoms with Crippen molar-refractivity contribution in [3.63, 3.8) is 0 Å². The van der Waals surface area contributed by atoms with Crippen LogP contribution in [0.5, 0.6) is 0 Å². The van der Waals surface area contributed by atoms with Crippen LogP contribution >= 0.6 is 11.6 Å². The van der Waals surface area contributed by atoms with Crippen molar-refractivity contribution in [3.8, 4) is 0 Å². The van der Waals surface area contributed by atoms with Gasteiger partial charge in [-0.25, -0.2) is 8.42 Å². The number of aryl methyl sites for hydroxylation is 1. The smallest absolute Gasteiger partial charge is 0.265 e. The van der Waals surface area contributed by atoms with E-state index in [1.165, 1.54) is 12.4 Å². The van der Waals surface area contributed by atoms with Crippen molar-refractivity contribution in [2.24, 2.45) is 0 Å². The van der Waals surface area contributed by atoms with E-state index >= 15 is 0 Å². The van der Waals surface area contributed by atoms with Crippen LogP contribution in [0.3, 0.4) is 0 Å². The van der Waals surface area contributed by atoms with Crippen molar-refractivity contribution < 1.29 is 8.42 Å². The van der Waals surface area contributed by atoms with Crippen molar-refractivity contribution in [1.82, 2.24) is 10.2 Å². The number of hydrogen-bond donors (Lipinski definition) is 2. The summed E-state index contributed by atoms with van der Waals surface area (Å²) in [7, 11) is -3.64. The highest BCUT2D eigenvalue weighted by Crippen LogP contribution is 2.25. The molecule has 0 aliphatic rings. The Morgan fingerprint density at radius 3 is 2.82 bits per heavy atom. The molecule has 0 amide bonds. The molecule has 0 bridgehead atoms. The summed E-state index contributed by atoms with van der Waals surface area (Å²) in [6, 6.07) is 5.11. The average molecular weight is 272 g/mol. The van der Waals surface area contributed by atoms with Crippen molar-refractivity contribution in [2.75, 3.05) is 4.72 Å². The summed E-state index contributed by atoms with van der Waals surface area (Å²) in [6.45, 7) is 1.85. The predicted molar refractivity (Wildman–Crippen MR) is 65.6 cm³/mol. The monoisotopic (exact) mass is 271 g/mol. The second-order valence-corrected chi connectivity index (χ2v) is 5.61. The third-order valence-corrected chi connectivity index (χ3v) is 3.81. The number of benzene rings is 1. The number of anilines is 1. The van der Waals surface area contributed by atoms with E-state index in [1.807, 2.05) is 6.92 Å². The summed E-state index contributed by atoms with van der Waals surface area (Å²) >= 11 is 5.91. The topological polar surface area (TPSA) is 74.8 Å². The number of aromatic nitrogens is 2. The van der Waals surface area contributed by atoms with Gasteiger partial charge in [0.15, 0.2) is 0 Å². The fourth-order valence-electron chi connectivity index (χ4n) is 1.31. The second-order valence-electron chi connectivity index (χ2n) is 3.52. The van der Waals surface area contributed by atoms with Gasteiger partial charge in [-0.05, 0) is 24.6 Å². The van der Waals surface area contributed by atoms with Crippen LogP contribution < -0.4 is 4.72 Å². The number of aromatic amines is 1. The summed E-state index contributed by atoms with van der Waals surface area (Å²) in [5.74, 6) is 0. The van der Waals surface area contributed by atoms with Crippen LogP contribution in [0, 0.1) is 6.92 Å². The number of nitrogens with one attached hydrogen (secondary N) is 2. The Balaban J connectivity index is 2.36. The van der Waals surface area contributed by atoms with Gasteiger partial charge in [0.2, 0.25) is 0 Å². The molecule has 0 radical (unpaired) electrons. The second kappa shape index (κ2) is 4.38. The first-order chi connectivity index (χ1) is 7.99. The van der Waals surface area contributed by atoms with Gasteiger partial charge in [-0.2, -0.15) is 5.10 Å². The molecule has 0 spiro atoms. The van der Waals surface area contributed by atoms with E-state index in [-0.39, 0.29) is 4.90 Å². The molecule has 0 fully saturated rings. The normalized spacial score (nSPS) is 11.4. The minimum atomic E-state index is -3.64. The van der Waals surface area contributed by atoms with Crippen LogP contribution in [-0.2, 0) is 10.0 Å². The molecule has 0 aliphatic heterocycles. The van der Waals surface area contributed by atoms with Gasteiger partial charge in [-0.15, -0.1) is 0 Å². The highest BCUT2D eigenvalue weighted by atomic mass is 35.5. The zero-order valence-electron chi connectivity index (χ0n) is 8.94. The van der Waals surface area contributed by atoms with Crippen molar-refractivity contribution >= 4 is 27.3 Å². The van der Waals surface area contributed by atoms with Crippen LogP contribution in [0.25, 0.3) is 0 Å². The number of sulfonamides is 1. The van der Waals surface area contributed by atoms with Gasteiger partial charge < -0.3 is 0 Å². The molecule has 1 heterocycles. The number of H-pyrrole nitrogens is 1. The maximum Gasteiger partial charge on any atom is 0.265 e. The Morgan fingerprint density at radius 1 is 1.41 bits per heavy atom. The quantitative estimate of drug-likeness (QED) is 0.898. The molecule has 0 unspecified atom stereocenters. The molecular formula is C10H10ClN3O2S. The van der Waals surface area contributed by atoms with Crippen molar-refractivity contribution in [2.45, 2.75) is 11.8 Å². The Bertz CT molecular complexity index is 623. The molecule has 1 aromatic carbocycles. The van der Waals surface area contributed by atoms with E-state index in [0.717, 1.165) is 5.56 Å². The minimum Gasteiger partial charge on any atom is -0.284 e. The Morgan fingerprint density at radius 2 is 2.18 bits per heavy atom. The number of halogens is 1. The molecule has 2 rings (SSSR count). The van der Waals surface area contributed by atoms with Crippen LogP contribution in [0.4, 0.5) is 5.69 Å². The first-order valence-corrected chi connectivity index (χ1v) is 6.63. The minimum absolute atomic E-state index is 0.0649. The molecule has 2 aromatic rings. The lowest BCUT2D eigenvalue weighted by molar-refractivity contribution is 0.601. The summed E-state index contributed by atoms with van der Waals surface area (Å²) in [6.07, 6.45) is 2.53. The fraction of sp³-hybridized carbons (Fsp3) is 0.100. The largest absolute Gasteiger partial charge is 0.284 e. The summed E-state index contributed by atoms with van der Waals surface area (Å²) < 4.78 is 26.2. The lowest BCUT2D eigenvalue weighted by Crippen LogP contribution is -2.12. The number of nitrogens with zero attached hydrogens (tertiary/aromatic N) is 1. The Kier molecular flexibility index (Phi) is 3.08. The standard InChI is InChI=1S/C10H10ClN3O2S/c1-7-2-3-9(11)10(4-7)14-17(15,16)8-5-12-13-6-8/h2-6,14H,1H3,(H,12,13). The zero-order valence-corrected chi connectivity index (χ0v) is 10.5. The van der Waals surface area contributed by atoms with Crippen LogP contribution in [0.1, 0.15) is 5.56 Å². The molecule has 0 saturated carbocycles. The predicted octanol–water partition coefficient (Wildman–Crippen LogP) is 2.17. The SMILES string of the molecule is Cc1ccc(Cl)c(NS(=O)(=O)c2cn[nH]c2)c1. The van der Waals surface area contributed by atoms with E-state index in [2.05, 4.69) is 14.9 Å². The Hall–Kier alpha value is -1.53. The average Bonchev–Trinajstić information content (AvgIpc) is 2.77. The molecule has 7 heteroatoms. The van der Waals surface area contributed by atoms with Gasteiger partial charge in [0, 0.05) is 6.20 Å². The maximum absolute atomic E-state index is 11.9. The summed E-state index contributed by atoms with van der Waals surface area (Å²) in [4.78, 5) is 0.0649. The number of rotatable bonds is 3. The van der Waals surface area contributed by atoms with Gasteiger partial charge in [-0.1, -0.05) is 17.7 Å². The third kappa shape index (κ3) is 2.59. The van der Waals surface area contributed by atoms with Gasteiger partial charge in [0.25, 0.3) is 10.0 Å². The first-order valence-electron chi connectivity index (χ1n) is 4.77. The van der Waals surface area contributed by atoms with Crippen molar-refractivity contribution in [3.05, 3.63) is 41.2 Å². The van der Waals surface area contributed by atoms with E-state index < -0.39 is 10.0 Å². The maximum atomic E-state index is 11.9. The van der Waals surface area contributed by atoms with Crippen LogP contribution in [0.15, 0.2) is 35.5 Å². The van der Waals surface area contributed by atoms with Crippen molar-refractivity contribution in [1.29, 1.82) is 0 Å². The van der Waals surface area contributed by atoms with Gasteiger partial charge in [0.05, 0.1) is 16.9 Å².